The highest BCUT2D eigenvalue weighted by molar-refractivity contribution is 6.69. The van der Waals surface area contributed by atoms with Crippen LogP contribution in [0.3, 0.4) is 0 Å². The number of benzene rings is 1. The van der Waals surface area contributed by atoms with E-state index in [2.05, 4.69) is 30.9 Å². The zero-order valence-electron chi connectivity index (χ0n) is 10.8. The summed E-state index contributed by atoms with van der Waals surface area (Å²) >= 11 is 0. The summed E-state index contributed by atoms with van der Waals surface area (Å²) in [5.41, 5.74) is 8.94. The second-order valence-electron chi connectivity index (χ2n) is 5.00. The Kier molecular flexibility index (Phi) is 4.40. The molecule has 0 spiro atoms. The Bertz CT molecular complexity index is 465. The number of aliphatic hydroxyl groups excluding tert-OH is 1. The van der Waals surface area contributed by atoms with Gasteiger partial charge in [0.25, 0.3) is 0 Å². The molecule has 0 radical (unpaired) electrons. The van der Waals surface area contributed by atoms with Crippen LogP contribution in [0.5, 0.6) is 0 Å². The van der Waals surface area contributed by atoms with Gasteiger partial charge >= 0.3 is 0 Å². The largest absolute Gasteiger partial charge is 0.375 e. The third kappa shape index (κ3) is 3.59. The summed E-state index contributed by atoms with van der Waals surface area (Å²) in [5, 5.41) is 9.33. The van der Waals surface area contributed by atoms with Crippen molar-refractivity contribution < 1.29 is 5.11 Å². The van der Waals surface area contributed by atoms with Crippen molar-refractivity contribution in [2.45, 2.75) is 32.3 Å². The third-order valence-electron chi connectivity index (χ3n) is 3.31. The van der Waals surface area contributed by atoms with E-state index in [0.29, 0.717) is 6.71 Å². The molecule has 1 atom stereocenters. The van der Waals surface area contributed by atoms with E-state index in [4.69, 9.17) is 5.73 Å². The maximum absolute atomic E-state index is 9.33. The van der Waals surface area contributed by atoms with E-state index in [9.17, 15) is 5.11 Å². The monoisotopic (exact) mass is 241 g/mol. The summed E-state index contributed by atoms with van der Waals surface area (Å²) in [6.07, 6.45) is 4.64. The Morgan fingerprint density at radius 1 is 1.33 bits per heavy atom. The van der Waals surface area contributed by atoms with Crippen molar-refractivity contribution in [1.29, 1.82) is 0 Å². The first-order valence-electron chi connectivity index (χ1n) is 6.56. The normalized spacial score (nSPS) is 15.9. The van der Waals surface area contributed by atoms with Crippen molar-refractivity contribution >= 4 is 6.71 Å². The summed E-state index contributed by atoms with van der Waals surface area (Å²) in [5.74, 6) is 4.56. The van der Waals surface area contributed by atoms with Crippen LogP contribution in [-0.4, -0.2) is 11.8 Å². The van der Waals surface area contributed by atoms with Crippen molar-refractivity contribution in [2.24, 2.45) is 5.73 Å². The van der Waals surface area contributed by atoms with Crippen molar-refractivity contribution in [3.8, 4) is 0 Å². The molecular formula is C15H20BNO. The average molecular weight is 241 g/mol. The van der Waals surface area contributed by atoms with Crippen LogP contribution in [0.25, 0.3) is 0 Å². The van der Waals surface area contributed by atoms with Gasteiger partial charge in [-0.3, -0.25) is 0 Å². The maximum atomic E-state index is 9.33. The van der Waals surface area contributed by atoms with Crippen LogP contribution in [0.4, 0.5) is 0 Å². The third-order valence-corrected chi connectivity index (χ3v) is 3.31. The van der Waals surface area contributed by atoms with E-state index >= 15 is 0 Å². The van der Waals surface area contributed by atoms with Gasteiger partial charge in [-0.2, -0.15) is 0 Å². The Hall–Kier alpha value is -1.32. The molecule has 94 valence electrons. The summed E-state index contributed by atoms with van der Waals surface area (Å²) in [6.45, 7) is 2.80. The summed E-state index contributed by atoms with van der Waals surface area (Å²) < 4.78 is 0. The number of aryl methyl sites for hydroxylation is 1. The first kappa shape index (κ1) is 13.1. The van der Waals surface area contributed by atoms with Crippen LogP contribution in [0.1, 0.15) is 30.2 Å². The van der Waals surface area contributed by atoms with Crippen molar-refractivity contribution in [3.05, 3.63) is 59.0 Å². The van der Waals surface area contributed by atoms with Gasteiger partial charge in [0.2, 0.25) is 0 Å². The van der Waals surface area contributed by atoms with Gasteiger partial charge in [-0.15, -0.1) is 12.0 Å². The molecule has 2 nitrogen and oxygen atoms in total. The van der Waals surface area contributed by atoms with E-state index in [1.807, 2.05) is 18.2 Å². The Morgan fingerprint density at radius 3 is 2.83 bits per heavy atom. The minimum Gasteiger partial charge on any atom is -0.375 e. The predicted octanol–water partition coefficient (Wildman–Crippen LogP) is 2.66. The number of hydrogen-bond donors (Lipinski definition) is 2. The molecule has 0 aliphatic carbocycles. The van der Waals surface area contributed by atoms with Gasteiger partial charge in [0.05, 0.1) is 0 Å². The number of rotatable bonds is 5. The summed E-state index contributed by atoms with van der Waals surface area (Å²) in [7, 11) is 0. The van der Waals surface area contributed by atoms with E-state index in [1.54, 1.807) is 0 Å². The molecule has 0 saturated carbocycles. The zero-order chi connectivity index (χ0) is 13.0. The highest BCUT2D eigenvalue weighted by atomic mass is 16.3. The van der Waals surface area contributed by atoms with Crippen LogP contribution in [0, 0.1) is 0 Å². The highest BCUT2D eigenvalue weighted by Crippen LogP contribution is 2.17. The number of hydrogen-bond acceptors (Lipinski definition) is 2. The smallest absolute Gasteiger partial charge is 0.189 e. The lowest BCUT2D eigenvalue weighted by atomic mass is 9.54. The van der Waals surface area contributed by atoms with Crippen molar-refractivity contribution in [2.75, 3.05) is 0 Å². The molecule has 0 amide bonds. The summed E-state index contributed by atoms with van der Waals surface area (Å²) in [4.78, 5) is 0. The number of aliphatic hydroxyl groups is 1. The van der Waals surface area contributed by atoms with Gasteiger partial charge in [0.15, 0.2) is 6.71 Å². The van der Waals surface area contributed by atoms with Crippen LogP contribution in [0.2, 0.25) is 6.82 Å². The van der Waals surface area contributed by atoms with Crippen LogP contribution in [0.15, 0.2) is 47.9 Å². The molecule has 0 bridgehead atoms. The summed E-state index contributed by atoms with van der Waals surface area (Å²) in [6, 6.07) is 7.90. The number of nitrogens with two attached hydrogens (primary N) is 1. The van der Waals surface area contributed by atoms with E-state index in [-0.39, 0.29) is 0 Å². The molecule has 1 aliphatic heterocycles. The molecule has 0 saturated heterocycles. The zero-order valence-corrected chi connectivity index (χ0v) is 10.8. The number of allylic oxidation sites excluding steroid dienone is 2. The average Bonchev–Trinajstić information content (AvgIpc) is 2.75. The Morgan fingerprint density at radius 2 is 2.17 bits per heavy atom. The molecule has 3 N–H and O–H groups in total. The molecule has 1 unspecified atom stereocenters. The van der Waals surface area contributed by atoms with Gasteiger partial charge in [-0.05, 0) is 30.4 Å². The first-order valence-corrected chi connectivity index (χ1v) is 6.56. The van der Waals surface area contributed by atoms with Crippen LogP contribution in [-0.2, 0) is 6.42 Å². The topological polar surface area (TPSA) is 46.2 Å². The van der Waals surface area contributed by atoms with E-state index in [0.717, 1.165) is 24.8 Å². The van der Waals surface area contributed by atoms with Gasteiger partial charge in [0, 0.05) is 0 Å². The molecule has 1 heterocycles. The fourth-order valence-electron chi connectivity index (χ4n) is 2.32. The molecule has 1 aromatic rings. The lowest BCUT2D eigenvalue weighted by molar-refractivity contribution is 0.186. The van der Waals surface area contributed by atoms with Crippen LogP contribution >= 0.6 is 0 Å². The molecule has 1 aliphatic rings. The van der Waals surface area contributed by atoms with Crippen LogP contribution < -0.4 is 5.73 Å². The van der Waals surface area contributed by atoms with Gasteiger partial charge in [-0.1, -0.05) is 42.7 Å². The second kappa shape index (κ2) is 6.03. The molecule has 1 aromatic carbocycles. The molecule has 18 heavy (non-hydrogen) atoms. The van der Waals surface area contributed by atoms with E-state index in [1.165, 1.54) is 11.1 Å². The fraction of sp³-hybridized carbons (Fsp3) is 0.333. The SMILES string of the molecule is CB1C=CC(CCCc2cccc(C(N)O)c2)=C1. The quantitative estimate of drug-likeness (QED) is 0.615. The molecule has 0 fully saturated rings. The second-order valence-corrected chi connectivity index (χ2v) is 5.00. The highest BCUT2D eigenvalue weighted by Gasteiger charge is 2.07. The minimum atomic E-state index is -0.869. The molecule has 3 heteroatoms. The van der Waals surface area contributed by atoms with Gasteiger partial charge in [0.1, 0.15) is 6.23 Å². The Balaban J connectivity index is 1.85. The standard InChI is InChI=1S/C15H20BNO/c1-16-9-8-13(11-16)6-2-4-12-5-3-7-14(10-12)15(17)18/h3,5,7-11,15,18H,2,4,6,17H2,1H3. The molecule has 2 rings (SSSR count). The van der Waals surface area contributed by atoms with Crippen molar-refractivity contribution in [1.82, 2.24) is 0 Å². The maximum Gasteiger partial charge on any atom is 0.189 e. The predicted molar refractivity (Wildman–Crippen MR) is 77.4 cm³/mol. The first-order chi connectivity index (χ1) is 8.65. The Labute approximate surface area is 109 Å². The molecular weight excluding hydrogens is 221 g/mol. The molecule has 0 aromatic heterocycles. The minimum absolute atomic E-state index is 0.593. The van der Waals surface area contributed by atoms with Gasteiger partial charge < -0.3 is 10.8 Å². The fourth-order valence-corrected chi connectivity index (χ4v) is 2.32. The van der Waals surface area contributed by atoms with E-state index < -0.39 is 6.23 Å². The lowest BCUT2D eigenvalue weighted by Crippen LogP contribution is -2.08. The lowest BCUT2D eigenvalue weighted by Gasteiger charge is -2.07. The van der Waals surface area contributed by atoms with Crippen molar-refractivity contribution in [3.63, 3.8) is 0 Å². The van der Waals surface area contributed by atoms with Gasteiger partial charge in [-0.25, -0.2) is 0 Å².